The second-order valence-corrected chi connectivity index (χ2v) is 6.45. The van der Waals surface area contributed by atoms with Gasteiger partial charge in [-0.25, -0.2) is 0 Å². The number of thiophene rings is 1. The van der Waals surface area contributed by atoms with Gasteiger partial charge in [-0.1, -0.05) is 0 Å². The second-order valence-electron chi connectivity index (χ2n) is 5.32. The third-order valence-electron chi connectivity index (χ3n) is 3.97. The lowest BCUT2D eigenvalue weighted by atomic mass is 9.99. The van der Waals surface area contributed by atoms with Crippen LogP contribution in [0.4, 0.5) is 0 Å². The van der Waals surface area contributed by atoms with Gasteiger partial charge < -0.3 is 10.2 Å². The maximum atomic E-state index is 12.5. The molecule has 1 aliphatic heterocycles. The summed E-state index contributed by atoms with van der Waals surface area (Å²) >= 11 is 1.73. The van der Waals surface area contributed by atoms with Crippen LogP contribution >= 0.6 is 23.7 Å². The first-order valence-electron chi connectivity index (χ1n) is 6.89. The van der Waals surface area contributed by atoms with Gasteiger partial charge in [0, 0.05) is 30.6 Å². The number of amides is 1. The molecule has 1 aliphatic carbocycles. The van der Waals surface area contributed by atoms with E-state index in [1.165, 1.54) is 29.7 Å². The third kappa shape index (κ3) is 2.96. The van der Waals surface area contributed by atoms with Crippen molar-refractivity contribution >= 4 is 29.7 Å². The number of hydrogen-bond acceptors (Lipinski definition) is 3. The Morgan fingerprint density at radius 1 is 1.42 bits per heavy atom. The van der Waals surface area contributed by atoms with E-state index in [0.717, 1.165) is 30.9 Å². The van der Waals surface area contributed by atoms with Crippen molar-refractivity contribution in [1.82, 2.24) is 10.2 Å². The van der Waals surface area contributed by atoms with E-state index in [0.29, 0.717) is 6.04 Å². The molecule has 0 spiro atoms. The van der Waals surface area contributed by atoms with Gasteiger partial charge in [0.15, 0.2) is 0 Å². The number of piperazine rings is 1. The summed E-state index contributed by atoms with van der Waals surface area (Å²) in [6.45, 7) is 4.79. The average Bonchev–Trinajstić information content (AvgIpc) is 2.82. The van der Waals surface area contributed by atoms with Gasteiger partial charge in [-0.05, 0) is 44.2 Å². The van der Waals surface area contributed by atoms with Crippen LogP contribution in [0.25, 0.3) is 0 Å². The number of nitrogens with zero attached hydrogens (tertiary/aromatic N) is 1. The SMILES string of the molecule is C[C@@H]1CNCCN1C(=O)c1cc2c(s1)CCCC2.Cl. The Labute approximate surface area is 124 Å². The topological polar surface area (TPSA) is 32.3 Å². The van der Waals surface area contributed by atoms with Crippen molar-refractivity contribution in [2.75, 3.05) is 19.6 Å². The summed E-state index contributed by atoms with van der Waals surface area (Å²) < 4.78 is 0. The van der Waals surface area contributed by atoms with E-state index in [4.69, 9.17) is 0 Å². The molecule has 2 aliphatic rings. The van der Waals surface area contributed by atoms with Gasteiger partial charge in [-0.2, -0.15) is 0 Å². The molecule has 19 heavy (non-hydrogen) atoms. The van der Waals surface area contributed by atoms with Crippen molar-refractivity contribution in [3.63, 3.8) is 0 Å². The summed E-state index contributed by atoms with van der Waals surface area (Å²) in [5.41, 5.74) is 1.43. The van der Waals surface area contributed by atoms with Gasteiger partial charge in [0.2, 0.25) is 0 Å². The monoisotopic (exact) mass is 300 g/mol. The summed E-state index contributed by atoms with van der Waals surface area (Å²) in [6.07, 6.45) is 4.90. The Morgan fingerprint density at radius 2 is 2.21 bits per heavy atom. The Balaban J connectivity index is 0.00000133. The maximum absolute atomic E-state index is 12.5. The van der Waals surface area contributed by atoms with Crippen LogP contribution in [-0.4, -0.2) is 36.5 Å². The van der Waals surface area contributed by atoms with E-state index in [1.807, 2.05) is 4.90 Å². The zero-order valence-electron chi connectivity index (χ0n) is 11.3. The van der Waals surface area contributed by atoms with Gasteiger partial charge in [-0.3, -0.25) is 4.79 Å². The molecule has 3 nitrogen and oxygen atoms in total. The molecule has 3 rings (SSSR count). The van der Waals surface area contributed by atoms with Crippen molar-refractivity contribution in [2.45, 2.75) is 38.6 Å². The Bertz CT molecular complexity index is 437. The maximum Gasteiger partial charge on any atom is 0.264 e. The number of aryl methyl sites for hydroxylation is 2. The van der Waals surface area contributed by atoms with Crippen LogP contribution in [0.2, 0.25) is 0 Å². The second kappa shape index (κ2) is 6.25. The molecule has 0 radical (unpaired) electrons. The molecule has 106 valence electrons. The number of fused-ring (bicyclic) bond motifs is 1. The molecule has 0 saturated carbocycles. The van der Waals surface area contributed by atoms with Gasteiger partial charge in [-0.15, -0.1) is 23.7 Å². The van der Waals surface area contributed by atoms with Crippen LogP contribution in [-0.2, 0) is 12.8 Å². The standard InChI is InChI=1S/C14H20N2OS.ClH/c1-10-9-15-6-7-16(10)14(17)13-8-11-4-2-3-5-12(11)18-13;/h8,10,15H,2-7,9H2,1H3;1H/t10-;/m1./s1. The highest BCUT2D eigenvalue weighted by Gasteiger charge is 2.26. The molecule has 1 atom stereocenters. The fourth-order valence-corrected chi connectivity index (χ4v) is 4.09. The number of carbonyl (C=O) groups is 1. The molecule has 1 aromatic heterocycles. The minimum atomic E-state index is 0. The lowest BCUT2D eigenvalue weighted by Crippen LogP contribution is -2.52. The highest BCUT2D eigenvalue weighted by molar-refractivity contribution is 7.14. The van der Waals surface area contributed by atoms with Crippen molar-refractivity contribution in [2.24, 2.45) is 0 Å². The van der Waals surface area contributed by atoms with Crippen LogP contribution in [0.1, 0.15) is 39.9 Å². The van der Waals surface area contributed by atoms with Crippen molar-refractivity contribution in [3.8, 4) is 0 Å². The summed E-state index contributed by atoms with van der Waals surface area (Å²) in [6, 6.07) is 2.46. The fraction of sp³-hybridized carbons (Fsp3) is 0.643. The minimum absolute atomic E-state index is 0. The van der Waals surface area contributed by atoms with Gasteiger partial charge in [0.1, 0.15) is 0 Å². The lowest BCUT2D eigenvalue weighted by molar-refractivity contribution is 0.0660. The molecule has 5 heteroatoms. The molecular formula is C14H21ClN2OS. The molecule has 1 aromatic rings. The summed E-state index contributed by atoms with van der Waals surface area (Å²) in [5.74, 6) is 0.239. The molecule has 2 heterocycles. The Hall–Kier alpha value is -0.580. The van der Waals surface area contributed by atoms with E-state index < -0.39 is 0 Å². The molecular weight excluding hydrogens is 280 g/mol. The van der Waals surface area contributed by atoms with E-state index in [9.17, 15) is 4.79 Å². The van der Waals surface area contributed by atoms with E-state index in [-0.39, 0.29) is 18.3 Å². The normalized spacial score (nSPS) is 22.6. The molecule has 1 saturated heterocycles. The largest absolute Gasteiger partial charge is 0.333 e. The Kier molecular flexibility index (Phi) is 4.87. The number of halogens is 1. The number of carbonyl (C=O) groups excluding carboxylic acids is 1. The van der Waals surface area contributed by atoms with Gasteiger partial charge in [0.05, 0.1) is 4.88 Å². The first-order valence-corrected chi connectivity index (χ1v) is 7.70. The Morgan fingerprint density at radius 3 is 2.95 bits per heavy atom. The average molecular weight is 301 g/mol. The first kappa shape index (κ1) is 14.8. The summed E-state index contributed by atoms with van der Waals surface area (Å²) in [4.78, 5) is 17.0. The van der Waals surface area contributed by atoms with E-state index >= 15 is 0 Å². The smallest absolute Gasteiger partial charge is 0.264 e. The van der Waals surface area contributed by atoms with Crippen LogP contribution in [0.3, 0.4) is 0 Å². The predicted octanol–water partition coefficient (Wildman–Crippen LogP) is 2.48. The van der Waals surface area contributed by atoms with E-state index in [1.54, 1.807) is 11.3 Å². The first-order chi connectivity index (χ1) is 8.75. The molecule has 0 bridgehead atoms. The zero-order valence-corrected chi connectivity index (χ0v) is 12.9. The fourth-order valence-electron chi connectivity index (χ4n) is 2.88. The van der Waals surface area contributed by atoms with Crippen LogP contribution < -0.4 is 5.32 Å². The minimum Gasteiger partial charge on any atom is -0.333 e. The van der Waals surface area contributed by atoms with Crippen LogP contribution in [0.5, 0.6) is 0 Å². The third-order valence-corrected chi connectivity index (χ3v) is 5.19. The molecule has 1 N–H and O–H groups in total. The van der Waals surface area contributed by atoms with E-state index in [2.05, 4.69) is 18.3 Å². The quantitative estimate of drug-likeness (QED) is 0.864. The zero-order chi connectivity index (χ0) is 12.5. The van der Waals surface area contributed by atoms with Crippen molar-refractivity contribution in [3.05, 3.63) is 21.4 Å². The highest BCUT2D eigenvalue weighted by atomic mass is 35.5. The molecule has 0 unspecified atom stereocenters. The van der Waals surface area contributed by atoms with Crippen LogP contribution in [0.15, 0.2) is 6.07 Å². The van der Waals surface area contributed by atoms with Crippen molar-refractivity contribution < 1.29 is 4.79 Å². The van der Waals surface area contributed by atoms with Gasteiger partial charge >= 0.3 is 0 Å². The molecule has 1 amide bonds. The van der Waals surface area contributed by atoms with Gasteiger partial charge in [0.25, 0.3) is 5.91 Å². The van der Waals surface area contributed by atoms with Crippen LogP contribution in [0, 0.1) is 0 Å². The summed E-state index contributed by atoms with van der Waals surface area (Å²) in [5, 5.41) is 3.33. The lowest BCUT2D eigenvalue weighted by Gasteiger charge is -2.33. The van der Waals surface area contributed by atoms with Crippen molar-refractivity contribution in [1.29, 1.82) is 0 Å². The highest BCUT2D eigenvalue weighted by Crippen LogP contribution is 2.30. The number of hydrogen-bond donors (Lipinski definition) is 1. The molecule has 0 aromatic carbocycles. The molecule has 1 fully saturated rings. The predicted molar refractivity (Wildman–Crippen MR) is 81.6 cm³/mol. The summed E-state index contributed by atoms with van der Waals surface area (Å²) in [7, 11) is 0. The number of rotatable bonds is 1. The number of nitrogens with one attached hydrogen (secondary N) is 1.